The summed E-state index contributed by atoms with van der Waals surface area (Å²) < 4.78 is 6.91. The minimum absolute atomic E-state index is 0.0687. The van der Waals surface area contributed by atoms with Gasteiger partial charge in [-0.15, -0.1) is 0 Å². The summed E-state index contributed by atoms with van der Waals surface area (Å²) in [4.78, 5) is 12.6. The molecule has 2 N–H and O–H groups in total. The summed E-state index contributed by atoms with van der Waals surface area (Å²) in [5, 5.41) is 0. The maximum Gasteiger partial charge on any atom is 0.177 e. The fourth-order valence-electron chi connectivity index (χ4n) is 3.02. The average molecular weight is 316 g/mol. The van der Waals surface area contributed by atoms with Crippen molar-refractivity contribution in [2.24, 2.45) is 0 Å². The fraction of sp³-hybridized carbons (Fsp3) is 0.133. The van der Waals surface area contributed by atoms with Gasteiger partial charge in [-0.25, -0.2) is 0 Å². The van der Waals surface area contributed by atoms with Crippen molar-refractivity contribution in [3.05, 3.63) is 57.6 Å². The second-order valence-electron chi connectivity index (χ2n) is 4.87. The smallest absolute Gasteiger partial charge is 0.177 e. The number of carbonyl (C=O) groups excluding carboxylic acids is 1. The molecule has 0 aromatic heterocycles. The lowest BCUT2D eigenvalue weighted by Crippen LogP contribution is -2.08. The number of hydrogen-bond acceptors (Lipinski definition) is 3. The summed E-state index contributed by atoms with van der Waals surface area (Å²) in [5.41, 5.74) is 8.95. The predicted molar refractivity (Wildman–Crippen MR) is 75.4 cm³/mol. The first-order chi connectivity index (χ1) is 9.16. The summed E-state index contributed by atoms with van der Waals surface area (Å²) >= 11 is 3.42. The lowest BCUT2D eigenvalue weighted by molar-refractivity contribution is 0.0935. The summed E-state index contributed by atoms with van der Waals surface area (Å²) in [6.07, 6.45) is -0.227. The van der Waals surface area contributed by atoms with E-state index in [9.17, 15) is 4.79 Å². The summed E-state index contributed by atoms with van der Waals surface area (Å²) in [7, 11) is 0. The molecule has 1 heterocycles. The van der Waals surface area contributed by atoms with E-state index in [-0.39, 0.29) is 17.8 Å². The lowest BCUT2D eigenvalue weighted by atomic mass is 9.95. The third-order valence-corrected chi connectivity index (χ3v) is 4.32. The van der Waals surface area contributed by atoms with Gasteiger partial charge >= 0.3 is 0 Å². The first kappa shape index (κ1) is 11.1. The summed E-state index contributed by atoms with van der Waals surface area (Å²) in [6.45, 7) is 0. The lowest BCUT2D eigenvalue weighted by Gasteiger charge is -2.09. The van der Waals surface area contributed by atoms with Crippen LogP contribution in [0.3, 0.4) is 0 Å². The van der Waals surface area contributed by atoms with Crippen molar-refractivity contribution < 1.29 is 9.53 Å². The number of benzene rings is 2. The van der Waals surface area contributed by atoms with Crippen LogP contribution in [0, 0.1) is 0 Å². The van der Waals surface area contributed by atoms with Crippen LogP contribution in [-0.2, 0) is 0 Å². The Labute approximate surface area is 118 Å². The number of carbonyl (C=O) groups is 1. The van der Waals surface area contributed by atoms with Crippen molar-refractivity contribution in [2.75, 3.05) is 5.73 Å². The standard InChI is InChI=1S/C15H10BrNO2/c16-7-4-5-8-11(6-7)19-15-9-2-1-3-10(17)12(9)14(18)13(8)15/h1-6,13,15H,17H2. The average Bonchev–Trinajstić information content (AvgIpc) is 2.87. The van der Waals surface area contributed by atoms with Crippen molar-refractivity contribution in [3.63, 3.8) is 0 Å². The van der Waals surface area contributed by atoms with Gasteiger partial charge in [-0.3, -0.25) is 4.79 Å². The number of anilines is 1. The SMILES string of the molecule is Nc1cccc2c1C(=O)C1c3ccc(Br)cc3OC21. The topological polar surface area (TPSA) is 52.3 Å². The van der Waals surface area contributed by atoms with Gasteiger partial charge in [-0.1, -0.05) is 34.1 Å². The number of halogens is 1. The Morgan fingerprint density at radius 2 is 2.00 bits per heavy atom. The second-order valence-corrected chi connectivity index (χ2v) is 5.79. The maximum absolute atomic E-state index is 12.6. The normalized spacial score (nSPS) is 22.7. The Morgan fingerprint density at radius 3 is 2.84 bits per heavy atom. The number of rotatable bonds is 0. The van der Waals surface area contributed by atoms with Gasteiger partial charge in [0.1, 0.15) is 11.9 Å². The van der Waals surface area contributed by atoms with E-state index in [4.69, 9.17) is 10.5 Å². The molecule has 2 unspecified atom stereocenters. The number of ether oxygens (including phenoxy) is 1. The van der Waals surface area contributed by atoms with E-state index in [2.05, 4.69) is 15.9 Å². The minimum atomic E-state index is -0.247. The van der Waals surface area contributed by atoms with E-state index in [1.165, 1.54) is 0 Å². The van der Waals surface area contributed by atoms with Crippen LogP contribution in [0.4, 0.5) is 5.69 Å². The second kappa shape index (κ2) is 3.61. The van der Waals surface area contributed by atoms with Gasteiger partial charge in [0.25, 0.3) is 0 Å². The third kappa shape index (κ3) is 1.35. The van der Waals surface area contributed by atoms with E-state index in [0.717, 1.165) is 21.3 Å². The van der Waals surface area contributed by atoms with Crippen molar-refractivity contribution in [1.29, 1.82) is 0 Å². The Morgan fingerprint density at radius 1 is 1.16 bits per heavy atom. The van der Waals surface area contributed by atoms with E-state index >= 15 is 0 Å². The molecule has 0 bridgehead atoms. The van der Waals surface area contributed by atoms with Gasteiger partial charge in [0.05, 0.1) is 5.92 Å². The fourth-order valence-corrected chi connectivity index (χ4v) is 3.36. The molecule has 1 aliphatic heterocycles. The van der Waals surface area contributed by atoms with Gasteiger partial charge in [0.2, 0.25) is 0 Å². The molecule has 0 saturated heterocycles. The quantitative estimate of drug-likeness (QED) is 0.758. The number of hydrogen-bond donors (Lipinski definition) is 1. The molecule has 3 nitrogen and oxygen atoms in total. The molecule has 2 aliphatic rings. The van der Waals surface area contributed by atoms with Crippen LogP contribution in [0.1, 0.15) is 33.5 Å². The zero-order valence-corrected chi connectivity index (χ0v) is 11.5. The first-order valence-corrected chi connectivity index (χ1v) is 6.85. The molecule has 2 atom stereocenters. The van der Waals surface area contributed by atoms with Gasteiger partial charge in [0, 0.05) is 26.9 Å². The molecule has 2 aromatic carbocycles. The summed E-state index contributed by atoms with van der Waals surface area (Å²) in [6, 6.07) is 11.3. The van der Waals surface area contributed by atoms with Gasteiger partial charge in [-0.05, 0) is 18.2 Å². The monoisotopic (exact) mass is 315 g/mol. The van der Waals surface area contributed by atoms with Crippen LogP contribution >= 0.6 is 15.9 Å². The zero-order chi connectivity index (χ0) is 13.1. The Kier molecular flexibility index (Phi) is 2.10. The number of nitrogen functional groups attached to an aromatic ring is 1. The van der Waals surface area contributed by atoms with Crippen molar-refractivity contribution in [3.8, 4) is 5.75 Å². The van der Waals surface area contributed by atoms with Crippen molar-refractivity contribution in [1.82, 2.24) is 0 Å². The molecule has 1 aliphatic carbocycles. The highest BCUT2D eigenvalue weighted by atomic mass is 79.9. The highest BCUT2D eigenvalue weighted by molar-refractivity contribution is 9.10. The van der Waals surface area contributed by atoms with Crippen LogP contribution in [0.2, 0.25) is 0 Å². The van der Waals surface area contributed by atoms with Crippen LogP contribution in [0.5, 0.6) is 5.75 Å². The van der Waals surface area contributed by atoms with Crippen molar-refractivity contribution >= 4 is 27.4 Å². The molecular weight excluding hydrogens is 306 g/mol. The number of Topliss-reactive ketones (excluding diaryl/α,β-unsaturated/α-hetero) is 1. The van der Waals surface area contributed by atoms with E-state index in [1.54, 1.807) is 6.07 Å². The minimum Gasteiger partial charge on any atom is -0.484 e. The highest BCUT2D eigenvalue weighted by Gasteiger charge is 2.48. The Bertz CT molecular complexity index is 726. The van der Waals surface area contributed by atoms with E-state index < -0.39 is 0 Å². The van der Waals surface area contributed by atoms with Crippen LogP contribution in [0.15, 0.2) is 40.9 Å². The summed E-state index contributed by atoms with van der Waals surface area (Å²) in [5.74, 6) is 0.604. The number of nitrogens with two attached hydrogens (primary N) is 1. The molecule has 4 heteroatoms. The highest BCUT2D eigenvalue weighted by Crippen LogP contribution is 2.54. The maximum atomic E-state index is 12.6. The molecule has 0 spiro atoms. The van der Waals surface area contributed by atoms with Crippen LogP contribution in [0.25, 0.3) is 0 Å². The molecule has 19 heavy (non-hydrogen) atoms. The predicted octanol–water partition coefficient (Wildman–Crippen LogP) is 3.44. The van der Waals surface area contributed by atoms with Gasteiger partial charge < -0.3 is 10.5 Å². The van der Waals surface area contributed by atoms with Gasteiger partial charge in [-0.2, -0.15) is 0 Å². The molecule has 2 aromatic rings. The molecule has 0 radical (unpaired) electrons. The molecule has 4 rings (SSSR count). The molecule has 0 amide bonds. The molecule has 0 saturated carbocycles. The Balaban J connectivity index is 1.92. The molecule has 94 valence electrons. The number of fused-ring (bicyclic) bond motifs is 5. The van der Waals surface area contributed by atoms with Crippen molar-refractivity contribution in [2.45, 2.75) is 12.0 Å². The van der Waals surface area contributed by atoms with Crippen LogP contribution < -0.4 is 10.5 Å². The Hall–Kier alpha value is -1.81. The van der Waals surface area contributed by atoms with E-state index in [1.807, 2.05) is 30.3 Å². The van der Waals surface area contributed by atoms with Gasteiger partial charge in [0.15, 0.2) is 5.78 Å². The zero-order valence-electron chi connectivity index (χ0n) is 9.89. The molecule has 0 fully saturated rings. The van der Waals surface area contributed by atoms with Crippen LogP contribution in [-0.4, -0.2) is 5.78 Å². The third-order valence-electron chi connectivity index (χ3n) is 3.83. The first-order valence-electron chi connectivity index (χ1n) is 6.05. The molecular formula is C15H10BrNO2. The van der Waals surface area contributed by atoms with E-state index in [0.29, 0.717) is 11.3 Å². The number of ketones is 1. The largest absolute Gasteiger partial charge is 0.484 e.